The average molecular weight is 467 g/mol. The van der Waals surface area contributed by atoms with Gasteiger partial charge in [-0.2, -0.15) is 0 Å². The van der Waals surface area contributed by atoms with Gasteiger partial charge in [0.1, 0.15) is 11.6 Å². The van der Waals surface area contributed by atoms with E-state index >= 15 is 0 Å². The maximum atomic E-state index is 13.4. The van der Waals surface area contributed by atoms with Crippen molar-refractivity contribution >= 4 is 23.1 Å². The standard InChI is InChI=1S/C31H34N2O2/c1-3-4-5-6-7-10-23-35-27-20-15-25(16-21-27)17-22-30-32-29-12-9-8-11-28(29)31(34)33(30)26-18-13-24(2)14-19-26/h8-9,11-22H,3-7,10,23H2,1-2H3/b22-17+. The Labute approximate surface area is 207 Å². The highest BCUT2D eigenvalue weighted by molar-refractivity contribution is 5.80. The fourth-order valence-corrected chi connectivity index (χ4v) is 4.12. The molecule has 1 heterocycles. The fraction of sp³-hybridized carbons (Fsp3) is 0.290. The highest BCUT2D eigenvalue weighted by Crippen LogP contribution is 2.18. The Morgan fingerprint density at radius 3 is 2.31 bits per heavy atom. The van der Waals surface area contributed by atoms with Gasteiger partial charge in [0.05, 0.1) is 23.2 Å². The lowest BCUT2D eigenvalue weighted by molar-refractivity contribution is 0.304. The first-order chi connectivity index (χ1) is 17.2. The maximum absolute atomic E-state index is 13.4. The fourth-order valence-electron chi connectivity index (χ4n) is 4.12. The number of hydrogen-bond acceptors (Lipinski definition) is 3. The molecule has 180 valence electrons. The van der Waals surface area contributed by atoms with E-state index in [0.29, 0.717) is 16.7 Å². The summed E-state index contributed by atoms with van der Waals surface area (Å²) in [6.45, 7) is 5.03. The number of nitrogens with zero attached hydrogens (tertiary/aromatic N) is 2. The maximum Gasteiger partial charge on any atom is 0.266 e. The summed E-state index contributed by atoms with van der Waals surface area (Å²) in [7, 11) is 0. The van der Waals surface area contributed by atoms with Gasteiger partial charge in [-0.05, 0) is 61.4 Å². The molecule has 0 spiro atoms. The molecule has 0 atom stereocenters. The summed E-state index contributed by atoms with van der Waals surface area (Å²) >= 11 is 0. The van der Waals surface area contributed by atoms with Gasteiger partial charge in [-0.1, -0.05) is 87.1 Å². The lowest BCUT2D eigenvalue weighted by Crippen LogP contribution is -2.22. The number of ether oxygens (including phenoxy) is 1. The predicted octanol–water partition coefficient (Wildman–Crippen LogP) is 7.60. The molecular weight excluding hydrogens is 432 g/mol. The van der Waals surface area contributed by atoms with Crippen LogP contribution in [-0.4, -0.2) is 16.2 Å². The van der Waals surface area contributed by atoms with Crippen LogP contribution in [0.3, 0.4) is 0 Å². The molecule has 3 aromatic carbocycles. The SMILES string of the molecule is CCCCCCCCOc1ccc(/C=C/c2nc3ccccc3c(=O)n2-c2ccc(C)cc2)cc1. The highest BCUT2D eigenvalue weighted by atomic mass is 16.5. The molecule has 0 aliphatic heterocycles. The van der Waals surface area contributed by atoms with E-state index in [1.807, 2.05) is 91.9 Å². The first-order valence-corrected chi connectivity index (χ1v) is 12.7. The van der Waals surface area contributed by atoms with Gasteiger partial charge in [-0.3, -0.25) is 9.36 Å². The lowest BCUT2D eigenvalue weighted by Gasteiger charge is -2.12. The van der Waals surface area contributed by atoms with Crippen LogP contribution in [0.2, 0.25) is 0 Å². The summed E-state index contributed by atoms with van der Waals surface area (Å²) in [5.74, 6) is 1.48. The van der Waals surface area contributed by atoms with Gasteiger partial charge >= 0.3 is 0 Å². The van der Waals surface area contributed by atoms with E-state index in [1.54, 1.807) is 4.57 Å². The van der Waals surface area contributed by atoms with Gasteiger partial charge in [0.15, 0.2) is 0 Å². The van der Waals surface area contributed by atoms with Gasteiger partial charge in [0, 0.05) is 0 Å². The van der Waals surface area contributed by atoms with Crippen LogP contribution in [0.25, 0.3) is 28.7 Å². The van der Waals surface area contributed by atoms with Crippen molar-refractivity contribution in [2.24, 2.45) is 0 Å². The van der Waals surface area contributed by atoms with Gasteiger partial charge < -0.3 is 4.74 Å². The van der Waals surface area contributed by atoms with Gasteiger partial charge in [0.2, 0.25) is 0 Å². The van der Waals surface area contributed by atoms with Crippen molar-refractivity contribution in [2.75, 3.05) is 6.61 Å². The van der Waals surface area contributed by atoms with E-state index in [2.05, 4.69) is 6.92 Å². The number of benzene rings is 3. The molecule has 4 rings (SSSR count). The number of hydrogen-bond donors (Lipinski definition) is 0. The van der Waals surface area contributed by atoms with Crippen molar-refractivity contribution in [1.82, 2.24) is 9.55 Å². The molecule has 0 aliphatic rings. The van der Waals surface area contributed by atoms with Crippen molar-refractivity contribution in [3.05, 3.63) is 100 Å². The van der Waals surface area contributed by atoms with Crippen LogP contribution < -0.4 is 10.3 Å². The number of aryl methyl sites for hydroxylation is 1. The second-order valence-corrected chi connectivity index (χ2v) is 8.98. The summed E-state index contributed by atoms with van der Waals surface area (Å²) < 4.78 is 7.58. The predicted molar refractivity (Wildman–Crippen MR) is 146 cm³/mol. The smallest absolute Gasteiger partial charge is 0.266 e. The minimum atomic E-state index is -0.0717. The third-order valence-electron chi connectivity index (χ3n) is 6.17. The van der Waals surface area contributed by atoms with Gasteiger partial charge in [-0.15, -0.1) is 0 Å². The molecule has 0 saturated heterocycles. The molecule has 0 unspecified atom stereocenters. The third kappa shape index (κ3) is 6.48. The first-order valence-electron chi connectivity index (χ1n) is 12.7. The molecule has 4 aromatic rings. The second-order valence-electron chi connectivity index (χ2n) is 8.98. The molecule has 4 heteroatoms. The normalized spacial score (nSPS) is 11.4. The van der Waals surface area contributed by atoms with Crippen molar-refractivity contribution in [1.29, 1.82) is 0 Å². The number of rotatable bonds is 11. The van der Waals surface area contributed by atoms with Crippen LogP contribution in [0.15, 0.2) is 77.6 Å². The van der Waals surface area contributed by atoms with E-state index in [1.165, 1.54) is 32.1 Å². The molecule has 0 aliphatic carbocycles. The molecule has 1 aromatic heterocycles. The van der Waals surface area contributed by atoms with Crippen LogP contribution in [0.5, 0.6) is 5.75 Å². The minimum absolute atomic E-state index is 0.0717. The number of unbranched alkanes of at least 4 members (excludes halogenated alkanes) is 5. The summed E-state index contributed by atoms with van der Waals surface area (Å²) in [5.41, 5.74) is 3.59. The Balaban J connectivity index is 1.50. The Morgan fingerprint density at radius 2 is 1.54 bits per heavy atom. The van der Waals surface area contributed by atoms with Gasteiger partial charge in [-0.25, -0.2) is 4.98 Å². The number of para-hydroxylation sites is 1. The van der Waals surface area contributed by atoms with Crippen LogP contribution in [0.4, 0.5) is 0 Å². The quantitative estimate of drug-likeness (QED) is 0.214. The summed E-state index contributed by atoms with van der Waals surface area (Å²) in [6.07, 6.45) is 11.4. The molecule has 0 radical (unpaired) electrons. The van der Waals surface area contributed by atoms with E-state index in [9.17, 15) is 4.79 Å². The van der Waals surface area contributed by atoms with Crippen LogP contribution in [0, 0.1) is 6.92 Å². The highest BCUT2D eigenvalue weighted by Gasteiger charge is 2.11. The summed E-state index contributed by atoms with van der Waals surface area (Å²) in [6, 6.07) is 23.5. The molecular formula is C31H34N2O2. The van der Waals surface area contributed by atoms with Crippen molar-refractivity contribution in [3.63, 3.8) is 0 Å². The molecule has 0 bridgehead atoms. The number of fused-ring (bicyclic) bond motifs is 1. The average Bonchev–Trinajstić information content (AvgIpc) is 2.88. The largest absolute Gasteiger partial charge is 0.494 e. The first kappa shape index (κ1) is 24.5. The molecule has 4 nitrogen and oxygen atoms in total. The molecule has 35 heavy (non-hydrogen) atoms. The van der Waals surface area contributed by atoms with E-state index in [4.69, 9.17) is 9.72 Å². The van der Waals surface area contributed by atoms with Crippen molar-refractivity contribution in [2.45, 2.75) is 52.4 Å². The van der Waals surface area contributed by atoms with E-state index < -0.39 is 0 Å². The Morgan fingerprint density at radius 1 is 0.829 bits per heavy atom. The van der Waals surface area contributed by atoms with Crippen molar-refractivity contribution < 1.29 is 4.74 Å². The van der Waals surface area contributed by atoms with Crippen LogP contribution in [-0.2, 0) is 0 Å². The van der Waals surface area contributed by atoms with Gasteiger partial charge in [0.25, 0.3) is 5.56 Å². The van der Waals surface area contributed by atoms with Crippen molar-refractivity contribution in [3.8, 4) is 11.4 Å². The molecule has 0 saturated carbocycles. The Kier molecular flexibility index (Phi) is 8.50. The second kappa shape index (κ2) is 12.2. The van der Waals surface area contributed by atoms with E-state index in [-0.39, 0.29) is 5.56 Å². The summed E-state index contributed by atoms with van der Waals surface area (Å²) in [5, 5.41) is 0.608. The number of aromatic nitrogens is 2. The monoisotopic (exact) mass is 466 g/mol. The van der Waals surface area contributed by atoms with Crippen LogP contribution in [0.1, 0.15) is 62.4 Å². The van der Waals surface area contributed by atoms with Crippen LogP contribution >= 0.6 is 0 Å². The minimum Gasteiger partial charge on any atom is -0.494 e. The topological polar surface area (TPSA) is 44.1 Å². The summed E-state index contributed by atoms with van der Waals surface area (Å²) in [4.78, 5) is 18.2. The molecule has 0 amide bonds. The lowest BCUT2D eigenvalue weighted by atomic mass is 10.1. The van der Waals surface area contributed by atoms with E-state index in [0.717, 1.165) is 35.6 Å². The zero-order chi connectivity index (χ0) is 24.5. The zero-order valence-corrected chi connectivity index (χ0v) is 20.7. The Hall–Kier alpha value is -3.66. The molecule has 0 N–H and O–H groups in total. The Bertz CT molecular complexity index is 1320. The zero-order valence-electron chi connectivity index (χ0n) is 20.7. The molecule has 0 fully saturated rings. The third-order valence-corrected chi connectivity index (χ3v) is 6.17.